The molecule has 0 spiro atoms. The molecule has 23 heavy (non-hydrogen) atoms. The molecule has 1 aliphatic heterocycles. The number of hydrogen-bond acceptors (Lipinski definition) is 4. The lowest BCUT2D eigenvalue weighted by Gasteiger charge is -2.31. The number of amides is 1. The van der Waals surface area contributed by atoms with E-state index in [1.165, 1.54) is 0 Å². The van der Waals surface area contributed by atoms with Gasteiger partial charge in [0, 0.05) is 33.7 Å². The monoisotopic (exact) mass is 344 g/mol. The molecule has 0 aromatic carbocycles. The third-order valence-electron chi connectivity index (χ3n) is 4.81. The molecule has 1 atom stereocenters. The first-order chi connectivity index (χ1) is 10.8. The summed E-state index contributed by atoms with van der Waals surface area (Å²) in [5.74, 6) is 1.10. The molecule has 0 bridgehead atoms. The number of nitrogens with one attached hydrogen (secondary N) is 2. The first-order valence-electron chi connectivity index (χ1n) is 8.17. The van der Waals surface area contributed by atoms with Crippen LogP contribution in [0.3, 0.4) is 0 Å². The molecule has 1 amide bonds. The lowest BCUT2D eigenvalue weighted by molar-refractivity contribution is -0.138. The van der Waals surface area contributed by atoms with Gasteiger partial charge in [-0.25, -0.2) is 8.42 Å². The van der Waals surface area contributed by atoms with E-state index in [0.717, 1.165) is 25.7 Å². The average Bonchev–Trinajstić information content (AvgIpc) is 3.10. The second kappa shape index (κ2) is 7.07. The Labute approximate surface area is 138 Å². The van der Waals surface area contributed by atoms with Gasteiger partial charge in [0.25, 0.3) is 0 Å². The fourth-order valence-electron chi connectivity index (χ4n) is 3.54. The number of carbonyl (C=O) groups is 1. The zero-order valence-electron chi connectivity index (χ0n) is 14.3. The van der Waals surface area contributed by atoms with Crippen LogP contribution in [0.25, 0.3) is 0 Å². The van der Waals surface area contributed by atoms with E-state index >= 15 is 0 Å². The van der Waals surface area contributed by atoms with Gasteiger partial charge in [-0.1, -0.05) is 12.8 Å². The minimum absolute atomic E-state index is 0.102. The molecular formula is C15H28N4O3S. The van der Waals surface area contributed by atoms with Crippen molar-refractivity contribution in [3.05, 3.63) is 0 Å². The topological polar surface area (TPSA) is 90.9 Å². The predicted octanol–water partition coefficient (Wildman–Crippen LogP) is -0.0129. The van der Waals surface area contributed by atoms with Crippen molar-refractivity contribution >= 4 is 21.7 Å². The normalized spacial score (nSPS) is 26.0. The van der Waals surface area contributed by atoms with Crippen LogP contribution in [0.2, 0.25) is 0 Å². The summed E-state index contributed by atoms with van der Waals surface area (Å²) >= 11 is 0. The second-order valence-electron chi connectivity index (χ2n) is 6.86. The van der Waals surface area contributed by atoms with Crippen molar-refractivity contribution in [2.75, 3.05) is 39.2 Å². The summed E-state index contributed by atoms with van der Waals surface area (Å²) in [4.78, 5) is 18.4. The van der Waals surface area contributed by atoms with E-state index in [0.29, 0.717) is 18.9 Å². The molecule has 1 heterocycles. The molecule has 2 fully saturated rings. The molecule has 1 saturated carbocycles. The van der Waals surface area contributed by atoms with Gasteiger partial charge in [0.05, 0.1) is 16.9 Å². The first kappa shape index (κ1) is 18.0. The smallest absolute Gasteiger partial charge is 0.230 e. The molecule has 7 nitrogen and oxygen atoms in total. The second-order valence-corrected chi connectivity index (χ2v) is 9.09. The predicted molar refractivity (Wildman–Crippen MR) is 91.2 cm³/mol. The highest BCUT2D eigenvalue weighted by atomic mass is 32.2. The van der Waals surface area contributed by atoms with Crippen molar-refractivity contribution in [3.8, 4) is 0 Å². The number of carbonyl (C=O) groups excluding carboxylic acids is 1. The van der Waals surface area contributed by atoms with Crippen LogP contribution in [0.5, 0.6) is 0 Å². The molecular weight excluding hydrogens is 316 g/mol. The standard InChI is InChI=1S/C15H28N4O3S/c1-16-14(18-12-6-9-23(21,22)10-12)17-11-15(7-4-5-8-15)13(20)19(2)3/h12H,4-11H2,1-3H3,(H2,16,17,18). The van der Waals surface area contributed by atoms with Crippen molar-refractivity contribution in [3.63, 3.8) is 0 Å². The molecule has 132 valence electrons. The molecule has 0 aromatic rings. The van der Waals surface area contributed by atoms with Crippen molar-refractivity contribution < 1.29 is 13.2 Å². The van der Waals surface area contributed by atoms with Gasteiger partial charge in [0.1, 0.15) is 0 Å². The number of sulfone groups is 1. The van der Waals surface area contributed by atoms with E-state index < -0.39 is 9.84 Å². The van der Waals surface area contributed by atoms with Crippen LogP contribution in [0.4, 0.5) is 0 Å². The Hall–Kier alpha value is -1.31. The Morgan fingerprint density at radius 2 is 1.96 bits per heavy atom. The molecule has 1 unspecified atom stereocenters. The number of aliphatic imine (C=N–C) groups is 1. The van der Waals surface area contributed by atoms with Gasteiger partial charge in [0.2, 0.25) is 5.91 Å². The molecule has 1 saturated heterocycles. The minimum atomic E-state index is -2.92. The Morgan fingerprint density at radius 1 is 1.30 bits per heavy atom. The van der Waals surface area contributed by atoms with E-state index in [1.54, 1.807) is 26.0 Å². The third-order valence-corrected chi connectivity index (χ3v) is 6.58. The molecule has 2 aliphatic rings. The maximum atomic E-state index is 12.5. The largest absolute Gasteiger partial charge is 0.355 e. The van der Waals surface area contributed by atoms with Gasteiger partial charge in [0.15, 0.2) is 15.8 Å². The lowest BCUT2D eigenvalue weighted by Crippen LogP contribution is -2.51. The molecule has 2 rings (SSSR count). The quantitative estimate of drug-likeness (QED) is 0.553. The fraction of sp³-hybridized carbons (Fsp3) is 0.867. The summed E-state index contributed by atoms with van der Waals surface area (Å²) in [5, 5.41) is 6.40. The highest BCUT2D eigenvalue weighted by Gasteiger charge is 2.42. The zero-order valence-corrected chi connectivity index (χ0v) is 15.1. The Bertz CT molecular complexity index is 565. The first-order valence-corrected chi connectivity index (χ1v) is 9.99. The van der Waals surface area contributed by atoms with Crippen molar-refractivity contribution in [2.45, 2.75) is 38.1 Å². The Kier molecular flexibility index (Phi) is 5.54. The summed E-state index contributed by atoms with van der Waals surface area (Å²) in [6.07, 6.45) is 4.49. The third kappa shape index (κ3) is 4.37. The van der Waals surface area contributed by atoms with E-state index in [9.17, 15) is 13.2 Å². The van der Waals surface area contributed by atoms with Crippen LogP contribution < -0.4 is 10.6 Å². The average molecular weight is 344 g/mol. The molecule has 0 aromatic heterocycles. The van der Waals surface area contributed by atoms with Crippen LogP contribution >= 0.6 is 0 Å². The maximum Gasteiger partial charge on any atom is 0.230 e. The van der Waals surface area contributed by atoms with Gasteiger partial charge in [-0.05, 0) is 19.3 Å². The van der Waals surface area contributed by atoms with Gasteiger partial charge in [-0.15, -0.1) is 0 Å². The van der Waals surface area contributed by atoms with E-state index in [-0.39, 0.29) is 28.9 Å². The summed E-state index contributed by atoms with van der Waals surface area (Å²) in [7, 11) is 2.32. The molecule has 2 N–H and O–H groups in total. The van der Waals surface area contributed by atoms with Gasteiger partial charge >= 0.3 is 0 Å². The molecule has 0 radical (unpaired) electrons. The van der Waals surface area contributed by atoms with E-state index in [1.807, 2.05) is 0 Å². The van der Waals surface area contributed by atoms with Crippen molar-refractivity contribution in [1.82, 2.24) is 15.5 Å². The number of nitrogens with zero attached hydrogens (tertiary/aromatic N) is 2. The Balaban J connectivity index is 1.95. The van der Waals surface area contributed by atoms with Crippen molar-refractivity contribution in [2.24, 2.45) is 10.4 Å². The fourth-order valence-corrected chi connectivity index (χ4v) is 5.22. The van der Waals surface area contributed by atoms with Gasteiger partial charge in [-0.2, -0.15) is 0 Å². The van der Waals surface area contributed by atoms with Crippen LogP contribution in [0.15, 0.2) is 4.99 Å². The lowest BCUT2D eigenvalue weighted by atomic mass is 9.84. The van der Waals surface area contributed by atoms with Gasteiger partial charge in [-0.3, -0.25) is 9.79 Å². The highest BCUT2D eigenvalue weighted by Crippen LogP contribution is 2.38. The van der Waals surface area contributed by atoms with Crippen LogP contribution in [-0.4, -0.2) is 70.4 Å². The van der Waals surface area contributed by atoms with Gasteiger partial charge < -0.3 is 15.5 Å². The summed E-state index contributed by atoms with van der Waals surface area (Å²) < 4.78 is 23.1. The van der Waals surface area contributed by atoms with Crippen LogP contribution in [0.1, 0.15) is 32.1 Å². The number of rotatable bonds is 4. The van der Waals surface area contributed by atoms with Crippen LogP contribution in [-0.2, 0) is 14.6 Å². The van der Waals surface area contributed by atoms with Crippen LogP contribution in [0, 0.1) is 5.41 Å². The molecule has 8 heteroatoms. The maximum absolute atomic E-state index is 12.5. The summed E-state index contributed by atoms with van der Waals surface area (Å²) in [6.45, 7) is 0.531. The molecule has 1 aliphatic carbocycles. The SMILES string of the molecule is CN=C(NCC1(C(=O)N(C)C)CCCC1)NC1CCS(=O)(=O)C1. The Morgan fingerprint density at radius 3 is 2.43 bits per heavy atom. The zero-order chi connectivity index (χ0) is 17.1. The summed E-state index contributed by atoms with van der Waals surface area (Å²) in [6, 6.07) is -0.102. The highest BCUT2D eigenvalue weighted by molar-refractivity contribution is 7.91. The number of hydrogen-bond donors (Lipinski definition) is 2. The van der Waals surface area contributed by atoms with E-state index in [2.05, 4.69) is 15.6 Å². The van der Waals surface area contributed by atoms with E-state index in [4.69, 9.17) is 0 Å². The minimum Gasteiger partial charge on any atom is -0.355 e. The summed E-state index contributed by atoms with van der Waals surface area (Å²) in [5.41, 5.74) is -0.372. The number of guanidine groups is 1. The van der Waals surface area contributed by atoms with Crippen molar-refractivity contribution in [1.29, 1.82) is 0 Å².